The fourth-order valence-corrected chi connectivity index (χ4v) is 5.41. The number of carbonyl (C=O) groups is 2. The molecule has 2 N–H and O–H groups in total. The molecule has 2 atom stereocenters. The quantitative estimate of drug-likeness (QED) is 0.798. The first kappa shape index (κ1) is 19.6. The maximum absolute atomic E-state index is 12.9. The van der Waals surface area contributed by atoms with Crippen LogP contribution in [0.4, 0.5) is 0 Å². The summed E-state index contributed by atoms with van der Waals surface area (Å²) in [5.74, 6) is -0.0115. The van der Waals surface area contributed by atoms with Gasteiger partial charge in [-0.25, -0.2) is 0 Å². The molecule has 150 valence electrons. The van der Waals surface area contributed by atoms with Crippen LogP contribution in [-0.4, -0.2) is 33.7 Å². The molecule has 2 aliphatic rings. The number of allylic oxidation sites excluding steroid dienone is 1. The minimum absolute atomic E-state index is 0.139. The minimum atomic E-state index is -0.430. The Balaban J connectivity index is 1.54. The van der Waals surface area contributed by atoms with Crippen LogP contribution in [0.5, 0.6) is 0 Å². The Morgan fingerprint density at radius 3 is 2.31 bits per heavy atom. The van der Waals surface area contributed by atoms with Crippen LogP contribution < -0.4 is 5.73 Å². The minimum Gasteiger partial charge on any atom is -0.365 e. The van der Waals surface area contributed by atoms with Crippen LogP contribution in [-0.2, 0) is 22.6 Å². The summed E-state index contributed by atoms with van der Waals surface area (Å²) in [5, 5.41) is 0. The fraction of sp³-hybridized carbons (Fsp3) is 0.304. The molecule has 2 aromatic rings. The van der Waals surface area contributed by atoms with E-state index in [1.165, 1.54) is 17.3 Å². The fourth-order valence-electron chi connectivity index (χ4n) is 4.10. The standard InChI is InChI=1S/C23H25N3O2S/c1-16-21(22(24)28)29-23(25(16)14-18-10-6-3-7-11-18)26-15-19(13-20(26)27)12-17-8-4-2-5-9-17/h2-11,19,23H,12-15H2,1H3,(H2,24,28). The van der Waals surface area contributed by atoms with E-state index < -0.39 is 5.91 Å². The van der Waals surface area contributed by atoms with E-state index in [-0.39, 0.29) is 17.3 Å². The van der Waals surface area contributed by atoms with Crippen LogP contribution in [0.2, 0.25) is 0 Å². The molecule has 0 radical (unpaired) electrons. The Hall–Kier alpha value is -2.73. The van der Waals surface area contributed by atoms with Gasteiger partial charge >= 0.3 is 0 Å². The Morgan fingerprint density at radius 1 is 1.07 bits per heavy atom. The lowest BCUT2D eigenvalue weighted by molar-refractivity contribution is -0.130. The first-order chi connectivity index (χ1) is 14.0. The summed E-state index contributed by atoms with van der Waals surface area (Å²) >= 11 is 1.40. The van der Waals surface area contributed by atoms with Gasteiger partial charge in [0.05, 0.1) is 4.91 Å². The molecule has 2 aromatic carbocycles. The van der Waals surface area contributed by atoms with Crippen LogP contribution in [0.1, 0.15) is 24.5 Å². The van der Waals surface area contributed by atoms with E-state index in [9.17, 15) is 9.59 Å². The van der Waals surface area contributed by atoms with E-state index in [0.29, 0.717) is 24.4 Å². The van der Waals surface area contributed by atoms with Crippen LogP contribution in [0.25, 0.3) is 0 Å². The highest BCUT2D eigenvalue weighted by Crippen LogP contribution is 2.42. The molecule has 2 heterocycles. The zero-order chi connectivity index (χ0) is 20.4. The second-order valence-electron chi connectivity index (χ2n) is 7.64. The third-order valence-corrected chi connectivity index (χ3v) is 6.99. The van der Waals surface area contributed by atoms with E-state index >= 15 is 0 Å². The van der Waals surface area contributed by atoms with Crippen molar-refractivity contribution in [3.63, 3.8) is 0 Å². The van der Waals surface area contributed by atoms with Gasteiger partial charge in [-0.2, -0.15) is 0 Å². The lowest BCUT2D eigenvalue weighted by Gasteiger charge is -2.34. The van der Waals surface area contributed by atoms with Crippen molar-refractivity contribution in [1.29, 1.82) is 0 Å². The zero-order valence-corrected chi connectivity index (χ0v) is 17.3. The average molecular weight is 408 g/mol. The molecule has 5 nitrogen and oxygen atoms in total. The smallest absolute Gasteiger partial charge is 0.257 e. The van der Waals surface area contributed by atoms with Crippen molar-refractivity contribution in [3.05, 3.63) is 82.4 Å². The number of amides is 2. The van der Waals surface area contributed by atoms with Gasteiger partial charge in [0.2, 0.25) is 5.91 Å². The second-order valence-corrected chi connectivity index (χ2v) is 8.71. The number of hydrogen-bond acceptors (Lipinski definition) is 4. The average Bonchev–Trinajstić information content (AvgIpc) is 3.23. The zero-order valence-electron chi connectivity index (χ0n) is 16.5. The molecule has 0 aliphatic carbocycles. The van der Waals surface area contributed by atoms with Crippen molar-refractivity contribution in [1.82, 2.24) is 9.80 Å². The lowest BCUT2D eigenvalue weighted by Crippen LogP contribution is -2.43. The third kappa shape index (κ3) is 4.17. The van der Waals surface area contributed by atoms with Gasteiger partial charge in [-0.3, -0.25) is 9.59 Å². The Morgan fingerprint density at radius 2 is 1.69 bits per heavy atom. The number of thioether (sulfide) groups is 1. The van der Waals surface area contributed by atoms with Crippen molar-refractivity contribution in [2.45, 2.75) is 31.8 Å². The summed E-state index contributed by atoms with van der Waals surface area (Å²) < 4.78 is 0. The molecule has 2 unspecified atom stereocenters. The largest absolute Gasteiger partial charge is 0.365 e. The molecule has 0 aromatic heterocycles. The van der Waals surface area contributed by atoms with E-state index in [1.54, 1.807) is 0 Å². The number of nitrogens with two attached hydrogens (primary N) is 1. The molecule has 2 aliphatic heterocycles. The maximum atomic E-state index is 12.9. The van der Waals surface area contributed by atoms with Gasteiger partial charge in [-0.1, -0.05) is 72.4 Å². The van der Waals surface area contributed by atoms with Gasteiger partial charge in [-0.15, -0.1) is 0 Å². The Bertz CT molecular complexity index is 930. The summed E-state index contributed by atoms with van der Waals surface area (Å²) in [4.78, 5) is 29.5. The molecule has 1 saturated heterocycles. The van der Waals surface area contributed by atoms with E-state index in [0.717, 1.165) is 17.7 Å². The third-order valence-electron chi connectivity index (χ3n) is 5.54. The Labute approximate surface area is 175 Å². The monoisotopic (exact) mass is 407 g/mol. The SMILES string of the molecule is CC1=C(C(N)=O)SC(N2CC(Cc3ccccc3)CC2=O)N1Cc1ccccc1. The van der Waals surface area contributed by atoms with Crippen LogP contribution in [0.15, 0.2) is 71.3 Å². The number of benzene rings is 2. The number of likely N-dealkylation sites (tertiary alicyclic amines) is 1. The molecule has 0 saturated carbocycles. The molecule has 0 spiro atoms. The lowest BCUT2D eigenvalue weighted by atomic mass is 9.99. The summed E-state index contributed by atoms with van der Waals surface area (Å²) in [6, 6.07) is 20.4. The molecular weight excluding hydrogens is 382 g/mol. The Kier molecular flexibility index (Phi) is 5.62. The highest BCUT2D eigenvalue weighted by molar-refractivity contribution is 8.04. The highest BCUT2D eigenvalue weighted by atomic mass is 32.2. The molecule has 0 bridgehead atoms. The maximum Gasteiger partial charge on any atom is 0.257 e. The predicted molar refractivity (Wildman–Crippen MR) is 115 cm³/mol. The summed E-state index contributed by atoms with van der Waals surface area (Å²) in [7, 11) is 0. The van der Waals surface area contributed by atoms with Gasteiger partial charge in [0.25, 0.3) is 5.91 Å². The van der Waals surface area contributed by atoms with Crippen LogP contribution >= 0.6 is 11.8 Å². The van der Waals surface area contributed by atoms with Crippen molar-refractivity contribution < 1.29 is 9.59 Å². The molecule has 6 heteroatoms. The van der Waals surface area contributed by atoms with Gasteiger partial charge in [0.15, 0.2) is 5.50 Å². The van der Waals surface area contributed by atoms with E-state index in [1.807, 2.05) is 48.2 Å². The predicted octanol–water partition coefficient (Wildman–Crippen LogP) is 3.33. The van der Waals surface area contributed by atoms with Crippen molar-refractivity contribution >= 4 is 23.6 Å². The highest BCUT2D eigenvalue weighted by Gasteiger charge is 2.42. The van der Waals surface area contributed by atoms with E-state index in [4.69, 9.17) is 5.73 Å². The van der Waals surface area contributed by atoms with Crippen LogP contribution in [0.3, 0.4) is 0 Å². The molecular formula is C23H25N3O2S. The number of hydrogen-bond donors (Lipinski definition) is 1. The summed E-state index contributed by atoms with van der Waals surface area (Å²) in [6.07, 6.45) is 1.42. The molecule has 1 fully saturated rings. The number of carbonyl (C=O) groups excluding carboxylic acids is 2. The number of primary amides is 1. The summed E-state index contributed by atoms with van der Waals surface area (Å²) in [6.45, 7) is 3.24. The topological polar surface area (TPSA) is 66.6 Å². The van der Waals surface area contributed by atoms with Gasteiger partial charge in [-0.05, 0) is 30.4 Å². The van der Waals surface area contributed by atoms with Gasteiger partial charge in [0, 0.05) is 25.2 Å². The summed E-state index contributed by atoms with van der Waals surface area (Å²) in [5.41, 5.74) is 8.62. The van der Waals surface area contributed by atoms with Crippen molar-refractivity contribution in [2.75, 3.05) is 6.54 Å². The normalized spacial score (nSPS) is 21.9. The van der Waals surface area contributed by atoms with Crippen molar-refractivity contribution in [3.8, 4) is 0 Å². The molecule has 29 heavy (non-hydrogen) atoms. The first-order valence-electron chi connectivity index (χ1n) is 9.84. The van der Waals surface area contributed by atoms with Gasteiger partial charge < -0.3 is 15.5 Å². The van der Waals surface area contributed by atoms with E-state index in [2.05, 4.69) is 29.2 Å². The van der Waals surface area contributed by atoms with Crippen LogP contribution in [0, 0.1) is 5.92 Å². The molecule has 2 amide bonds. The number of nitrogens with zero attached hydrogens (tertiary/aromatic N) is 2. The van der Waals surface area contributed by atoms with Gasteiger partial charge in [0.1, 0.15) is 0 Å². The first-order valence-corrected chi connectivity index (χ1v) is 10.7. The molecule has 4 rings (SSSR count). The second kappa shape index (κ2) is 8.33. The van der Waals surface area contributed by atoms with Crippen molar-refractivity contribution in [2.24, 2.45) is 11.7 Å². The number of rotatable bonds is 6.